The molecule has 0 amide bonds. The van der Waals surface area contributed by atoms with Crippen molar-refractivity contribution in [3.63, 3.8) is 0 Å². The number of nitrogens with zero attached hydrogens (tertiary/aromatic N) is 1. The lowest BCUT2D eigenvalue weighted by Gasteiger charge is -2.30. The second kappa shape index (κ2) is 5.41. The van der Waals surface area contributed by atoms with E-state index in [1.807, 2.05) is 0 Å². The van der Waals surface area contributed by atoms with Crippen molar-refractivity contribution in [3.8, 4) is 0 Å². The van der Waals surface area contributed by atoms with E-state index in [2.05, 4.69) is 41.4 Å². The zero-order chi connectivity index (χ0) is 12.4. The first-order valence-electron chi connectivity index (χ1n) is 7.41. The molecule has 2 heteroatoms. The molecule has 1 atom stereocenters. The van der Waals surface area contributed by atoms with Gasteiger partial charge in [0.05, 0.1) is 0 Å². The molecule has 1 saturated heterocycles. The molecule has 1 N–H and O–H groups in total. The van der Waals surface area contributed by atoms with Gasteiger partial charge >= 0.3 is 0 Å². The van der Waals surface area contributed by atoms with Gasteiger partial charge in [-0.05, 0) is 49.9 Å². The van der Waals surface area contributed by atoms with Gasteiger partial charge in [-0.2, -0.15) is 0 Å². The molecule has 1 heterocycles. The molecular formula is C16H24N2. The third kappa shape index (κ3) is 2.45. The molecule has 3 rings (SSSR count). The number of rotatable bonds is 4. The van der Waals surface area contributed by atoms with Crippen LogP contribution in [0.1, 0.15) is 30.9 Å². The van der Waals surface area contributed by atoms with Gasteiger partial charge in [-0.15, -0.1) is 0 Å². The molecule has 0 aromatic heterocycles. The summed E-state index contributed by atoms with van der Waals surface area (Å²) in [5.74, 6) is 0. The number of benzene rings is 1. The highest BCUT2D eigenvalue weighted by Crippen LogP contribution is 2.25. The summed E-state index contributed by atoms with van der Waals surface area (Å²) in [5, 5.41) is 3.62. The average molecular weight is 244 g/mol. The van der Waals surface area contributed by atoms with E-state index >= 15 is 0 Å². The molecule has 1 aliphatic heterocycles. The summed E-state index contributed by atoms with van der Waals surface area (Å²) in [7, 11) is 0. The molecule has 1 aromatic carbocycles. The molecule has 0 spiro atoms. The molecule has 1 fully saturated rings. The molecule has 0 saturated carbocycles. The summed E-state index contributed by atoms with van der Waals surface area (Å²) in [5.41, 5.74) is 3.14. The first kappa shape index (κ1) is 12.2. The van der Waals surface area contributed by atoms with Gasteiger partial charge in [0.15, 0.2) is 0 Å². The van der Waals surface area contributed by atoms with Crippen molar-refractivity contribution < 1.29 is 0 Å². The fourth-order valence-corrected chi connectivity index (χ4v) is 3.53. The van der Waals surface area contributed by atoms with Gasteiger partial charge in [-0.1, -0.05) is 31.2 Å². The first-order valence-corrected chi connectivity index (χ1v) is 7.41. The van der Waals surface area contributed by atoms with Crippen molar-refractivity contribution in [2.24, 2.45) is 0 Å². The first-order chi connectivity index (χ1) is 8.86. The Bertz CT molecular complexity index is 371. The molecule has 0 radical (unpaired) electrons. The van der Waals surface area contributed by atoms with Gasteiger partial charge < -0.3 is 5.32 Å². The lowest BCUT2D eigenvalue weighted by molar-refractivity contribution is 0.194. The highest BCUT2D eigenvalue weighted by atomic mass is 15.2. The van der Waals surface area contributed by atoms with Crippen molar-refractivity contribution in [2.75, 3.05) is 19.6 Å². The predicted molar refractivity (Wildman–Crippen MR) is 75.9 cm³/mol. The summed E-state index contributed by atoms with van der Waals surface area (Å²) in [6.07, 6.45) is 5.21. The van der Waals surface area contributed by atoms with Gasteiger partial charge in [0, 0.05) is 18.6 Å². The number of hydrogen-bond donors (Lipinski definition) is 1. The van der Waals surface area contributed by atoms with E-state index in [-0.39, 0.29) is 0 Å². The van der Waals surface area contributed by atoms with Crippen LogP contribution in [0, 0.1) is 0 Å². The fraction of sp³-hybridized carbons (Fsp3) is 0.625. The Balaban J connectivity index is 1.63. The summed E-state index contributed by atoms with van der Waals surface area (Å²) in [4.78, 5) is 2.68. The molecule has 2 aliphatic rings. The van der Waals surface area contributed by atoms with Crippen LogP contribution in [0.25, 0.3) is 0 Å². The second-order valence-electron chi connectivity index (χ2n) is 5.71. The molecule has 98 valence electrons. The molecule has 18 heavy (non-hydrogen) atoms. The topological polar surface area (TPSA) is 15.3 Å². The second-order valence-corrected chi connectivity index (χ2v) is 5.71. The van der Waals surface area contributed by atoms with Crippen LogP contribution in [0.3, 0.4) is 0 Å². The summed E-state index contributed by atoms with van der Waals surface area (Å²) < 4.78 is 0. The van der Waals surface area contributed by atoms with Crippen LogP contribution in [0.5, 0.6) is 0 Å². The Morgan fingerprint density at radius 1 is 1.22 bits per heavy atom. The van der Waals surface area contributed by atoms with Crippen LogP contribution in [0.15, 0.2) is 24.3 Å². The lowest BCUT2D eigenvalue weighted by Crippen LogP contribution is -2.43. The average Bonchev–Trinajstić information content (AvgIpc) is 3.04. The number of nitrogens with one attached hydrogen (secondary N) is 1. The van der Waals surface area contributed by atoms with E-state index in [0.717, 1.165) is 12.1 Å². The highest BCUT2D eigenvalue weighted by Gasteiger charge is 2.27. The maximum atomic E-state index is 3.62. The van der Waals surface area contributed by atoms with Gasteiger partial charge in [0.25, 0.3) is 0 Å². The monoisotopic (exact) mass is 244 g/mol. The zero-order valence-corrected chi connectivity index (χ0v) is 11.4. The Kier molecular flexibility index (Phi) is 3.67. The number of likely N-dealkylation sites (N-methyl/N-ethyl adjacent to an activating group) is 1. The number of hydrogen-bond acceptors (Lipinski definition) is 2. The van der Waals surface area contributed by atoms with Crippen LogP contribution in [-0.2, 0) is 12.8 Å². The molecular weight excluding hydrogens is 220 g/mol. The van der Waals surface area contributed by atoms with Crippen molar-refractivity contribution in [3.05, 3.63) is 35.4 Å². The quantitative estimate of drug-likeness (QED) is 0.874. The van der Waals surface area contributed by atoms with Crippen molar-refractivity contribution in [2.45, 2.75) is 44.7 Å². The van der Waals surface area contributed by atoms with Gasteiger partial charge in [0.1, 0.15) is 0 Å². The van der Waals surface area contributed by atoms with Crippen LogP contribution in [0.4, 0.5) is 0 Å². The van der Waals surface area contributed by atoms with E-state index in [4.69, 9.17) is 0 Å². The standard InChI is InChI=1S/C16H24N2/c1-2-18(12-15-8-5-9-17-15)16-10-13-6-3-4-7-14(13)11-16/h3-4,6-7,15-17H,2,5,8-12H2,1H3. The van der Waals surface area contributed by atoms with Crippen molar-refractivity contribution >= 4 is 0 Å². The smallest absolute Gasteiger partial charge is 0.0195 e. The normalized spacial score (nSPS) is 23.8. The Morgan fingerprint density at radius 3 is 2.50 bits per heavy atom. The molecule has 1 aromatic rings. The summed E-state index contributed by atoms with van der Waals surface area (Å²) in [6.45, 7) is 5.93. The van der Waals surface area contributed by atoms with Crippen LogP contribution < -0.4 is 5.32 Å². The largest absolute Gasteiger partial charge is 0.313 e. The molecule has 1 aliphatic carbocycles. The third-order valence-electron chi connectivity index (χ3n) is 4.57. The maximum Gasteiger partial charge on any atom is 0.0195 e. The Labute approximate surface area is 110 Å². The van der Waals surface area contributed by atoms with E-state index in [1.165, 1.54) is 45.3 Å². The summed E-state index contributed by atoms with van der Waals surface area (Å²) in [6, 6.07) is 10.4. The zero-order valence-electron chi connectivity index (χ0n) is 11.4. The number of fused-ring (bicyclic) bond motifs is 1. The van der Waals surface area contributed by atoms with Crippen LogP contribution >= 0.6 is 0 Å². The van der Waals surface area contributed by atoms with Gasteiger partial charge in [-0.25, -0.2) is 0 Å². The van der Waals surface area contributed by atoms with Crippen LogP contribution in [-0.4, -0.2) is 36.6 Å². The lowest BCUT2D eigenvalue weighted by atomic mass is 10.1. The minimum absolute atomic E-state index is 0.730. The fourth-order valence-electron chi connectivity index (χ4n) is 3.53. The summed E-state index contributed by atoms with van der Waals surface area (Å²) >= 11 is 0. The Morgan fingerprint density at radius 2 is 1.94 bits per heavy atom. The Hall–Kier alpha value is -0.860. The van der Waals surface area contributed by atoms with Gasteiger partial charge in [-0.3, -0.25) is 4.90 Å². The van der Waals surface area contributed by atoms with Crippen LogP contribution in [0.2, 0.25) is 0 Å². The van der Waals surface area contributed by atoms with Crippen molar-refractivity contribution in [1.82, 2.24) is 10.2 Å². The van der Waals surface area contributed by atoms with Crippen molar-refractivity contribution in [1.29, 1.82) is 0 Å². The molecule has 2 nitrogen and oxygen atoms in total. The van der Waals surface area contributed by atoms with E-state index in [0.29, 0.717) is 0 Å². The van der Waals surface area contributed by atoms with Gasteiger partial charge in [0.2, 0.25) is 0 Å². The third-order valence-corrected chi connectivity index (χ3v) is 4.57. The van der Waals surface area contributed by atoms with E-state index in [9.17, 15) is 0 Å². The maximum absolute atomic E-state index is 3.62. The molecule has 1 unspecified atom stereocenters. The SMILES string of the molecule is CCN(CC1CCCN1)C1Cc2ccccc2C1. The minimum atomic E-state index is 0.730. The highest BCUT2D eigenvalue weighted by molar-refractivity contribution is 5.33. The van der Waals surface area contributed by atoms with E-state index in [1.54, 1.807) is 11.1 Å². The van der Waals surface area contributed by atoms with E-state index < -0.39 is 0 Å². The minimum Gasteiger partial charge on any atom is -0.313 e. The predicted octanol–water partition coefficient (Wildman–Crippen LogP) is 2.23. The molecule has 0 bridgehead atoms.